The molecule has 120 valence electrons. The number of likely N-dealkylation sites (tertiary alicyclic amines) is 1. The molecule has 0 aliphatic carbocycles. The Morgan fingerprint density at radius 1 is 1.41 bits per heavy atom. The lowest BCUT2D eigenvalue weighted by Crippen LogP contribution is -2.54. The van der Waals surface area contributed by atoms with Gasteiger partial charge in [0.15, 0.2) is 5.78 Å². The highest BCUT2D eigenvalue weighted by Gasteiger charge is 2.42. The number of nitrogens with zero attached hydrogens (tertiary/aromatic N) is 2. The summed E-state index contributed by atoms with van der Waals surface area (Å²) < 4.78 is 5.35. The Morgan fingerprint density at radius 2 is 2.09 bits per heavy atom. The van der Waals surface area contributed by atoms with Crippen molar-refractivity contribution in [3.63, 3.8) is 0 Å². The van der Waals surface area contributed by atoms with Gasteiger partial charge in [-0.1, -0.05) is 0 Å². The molecule has 0 bridgehead atoms. The maximum absolute atomic E-state index is 12.5. The summed E-state index contributed by atoms with van der Waals surface area (Å²) in [5.41, 5.74) is 1.21. The van der Waals surface area contributed by atoms with E-state index in [0.717, 1.165) is 0 Å². The van der Waals surface area contributed by atoms with Crippen LogP contribution in [-0.4, -0.2) is 45.7 Å². The largest absolute Gasteiger partial charge is 0.444 e. The second-order valence-electron chi connectivity index (χ2n) is 6.35. The molecule has 1 aromatic rings. The molecule has 0 saturated carbocycles. The summed E-state index contributed by atoms with van der Waals surface area (Å²) in [6, 6.07) is -0.537. The van der Waals surface area contributed by atoms with Crippen molar-refractivity contribution in [1.29, 1.82) is 0 Å². The van der Waals surface area contributed by atoms with Gasteiger partial charge in [-0.25, -0.2) is 9.78 Å². The summed E-state index contributed by atoms with van der Waals surface area (Å²) >= 11 is 1.30. The van der Waals surface area contributed by atoms with Crippen LogP contribution in [0.25, 0.3) is 0 Å². The van der Waals surface area contributed by atoms with Gasteiger partial charge in [-0.15, -0.1) is 11.3 Å². The summed E-state index contributed by atoms with van der Waals surface area (Å²) in [7, 11) is 0. The fourth-order valence-electron chi connectivity index (χ4n) is 2.48. The number of ether oxygens (including phenoxy) is 1. The third kappa shape index (κ3) is 3.52. The first kappa shape index (κ1) is 16.6. The molecule has 1 amide bonds. The van der Waals surface area contributed by atoms with E-state index in [-0.39, 0.29) is 30.2 Å². The molecular formula is C15H20N2O4S. The molecule has 6 nitrogen and oxygen atoms in total. The van der Waals surface area contributed by atoms with Crippen molar-refractivity contribution in [2.24, 2.45) is 5.92 Å². The van der Waals surface area contributed by atoms with E-state index in [1.807, 2.05) is 0 Å². The van der Waals surface area contributed by atoms with E-state index in [2.05, 4.69) is 4.98 Å². The number of Topliss-reactive ketones (excluding diaryl/α,β-unsaturated/α-hetero) is 2. The van der Waals surface area contributed by atoms with Crippen molar-refractivity contribution in [3.8, 4) is 0 Å². The highest BCUT2D eigenvalue weighted by atomic mass is 32.1. The Balaban J connectivity index is 2.19. The van der Waals surface area contributed by atoms with E-state index < -0.39 is 23.7 Å². The quantitative estimate of drug-likeness (QED) is 0.617. The van der Waals surface area contributed by atoms with Crippen LogP contribution in [0.2, 0.25) is 0 Å². The molecule has 2 rings (SSSR count). The molecule has 1 saturated heterocycles. The van der Waals surface area contributed by atoms with Gasteiger partial charge in [0.05, 0.1) is 5.51 Å². The number of carbonyl (C=O) groups is 3. The summed E-state index contributed by atoms with van der Waals surface area (Å²) in [5, 5.41) is 1.62. The fraction of sp³-hybridized carbons (Fsp3) is 0.600. The maximum Gasteiger partial charge on any atom is 0.410 e. The Labute approximate surface area is 133 Å². The minimum Gasteiger partial charge on any atom is -0.444 e. The lowest BCUT2D eigenvalue weighted by atomic mass is 9.85. The van der Waals surface area contributed by atoms with Gasteiger partial charge >= 0.3 is 6.09 Å². The van der Waals surface area contributed by atoms with Gasteiger partial charge in [0.2, 0.25) is 0 Å². The molecule has 1 aromatic heterocycles. The number of hydrogen-bond donors (Lipinski definition) is 0. The Kier molecular flexibility index (Phi) is 4.65. The zero-order valence-electron chi connectivity index (χ0n) is 13.2. The molecular weight excluding hydrogens is 304 g/mol. The SMILES string of the molecule is CC1C(C(=O)c2cscn2)C(=O)CCN1C(=O)OC(C)(C)C. The average molecular weight is 324 g/mol. The van der Waals surface area contributed by atoms with Crippen LogP contribution in [0.5, 0.6) is 0 Å². The van der Waals surface area contributed by atoms with Gasteiger partial charge in [0.1, 0.15) is 23.0 Å². The molecule has 2 unspecified atom stereocenters. The summed E-state index contributed by atoms with van der Waals surface area (Å²) in [4.78, 5) is 42.3. The Hall–Kier alpha value is -1.76. The fourth-order valence-corrected chi connectivity index (χ4v) is 3.02. The normalized spacial score (nSPS) is 22.5. The van der Waals surface area contributed by atoms with Crippen LogP contribution >= 0.6 is 11.3 Å². The molecule has 0 spiro atoms. The number of aromatic nitrogens is 1. The maximum atomic E-state index is 12.5. The minimum atomic E-state index is -0.872. The third-order valence-corrected chi connectivity index (χ3v) is 4.10. The molecule has 1 fully saturated rings. The summed E-state index contributed by atoms with van der Waals surface area (Å²) in [6.07, 6.45) is -0.340. The van der Waals surface area contributed by atoms with E-state index in [1.54, 1.807) is 38.6 Å². The van der Waals surface area contributed by atoms with Crippen LogP contribution in [0.3, 0.4) is 0 Å². The van der Waals surface area contributed by atoms with E-state index in [4.69, 9.17) is 4.74 Å². The monoisotopic (exact) mass is 324 g/mol. The average Bonchev–Trinajstić information content (AvgIpc) is 2.90. The first-order valence-electron chi connectivity index (χ1n) is 7.15. The molecule has 1 aliphatic rings. The second kappa shape index (κ2) is 6.16. The summed E-state index contributed by atoms with van der Waals surface area (Å²) in [5.74, 6) is -1.35. The van der Waals surface area contributed by atoms with Crippen LogP contribution < -0.4 is 0 Å². The molecule has 2 heterocycles. The van der Waals surface area contributed by atoms with Crippen molar-refractivity contribution in [1.82, 2.24) is 9.88 Å². The third-order valence-electron chi connectivity index (χ3n) is 3.52. The van der Waals surface area contributed by atoms with Crippen LogP contribution in [-0.2, 0) is 9.53 Å². The first-order chi connectivity index (χ1) is 10.2. The molecule has 7 heteroatoms. The van der Waals surface area contributed by atoms with E-state index in [9.17, 15) is 14.4 Å². The van der Waals surface area contributed by atoms with Crippen LogP contribution in [0, 0.1) is 5.92 Å². The topological polar surface area (TPSA) is 76.6 Å². The molecule has 0 N–H and O–H groups in total. The Bertz CT molecular complexity index is 577. The van der Waals surface area contributed by atoms with E-state index in [1.165, 1.54) is 16.2 Å². The van der Waals surface area contributed by atoms with E-state index >= 15 is 0 Å². The van der Waals surface area contributed by atoms with E-state index in [0.29, 0.717) is 0 Å². The first-order valence-corrected chi connectivity index (χ1v) is 8.09. The van der Waals surface area contributed by atoms with Gasteiger partial charge in [0.25, 0.3) is 0 Å². The van der Waals surface area contributed by atoms with Crippen molar-refractivity contribution in [2.75, 3.05) is 6.54 Å². The lowest BCUT2D eigenvalue weighted by Gasteiger charge is -2.38. The number of hydrogen-bond acceptors (Lipinski definition) is 6. The number of amides is 1. The zero-order valence-corrected chi connectivity index (χ0v) is 14.0. The highest BCUT2D eigenvalue weighted by Crippen LogP contribution is 2.26. The smallest absolute Gasteiger partial charge is 0.410 e. The van der Waals surface area contributed by atoms with Gasteiger partial charge < -0.3 is 9.64 Å². The lowest BCUT2D eigenvalue weighted by molar-refractivity contribution is -0.126. The standard InChI is InChI=1S/C15H20N2O4S/c1-9-12(13(19)10-7-22-8-16-10)11(18)5-6-17(9)14(20)21-15(2,3)4/h7-9,12H,5-6H2,1-4H3. The number of ketones is 2. The van der Waals surface area contributed by atoms with Crippen molar-refractivity contribution < 1.29 is 19.1 Å². The predicted octanol–water partition coefficient (Wildman–Crippen LogP) is 2.54. The van der Waals surface area contributed by atoms with Crippen LogP contribution in [0.15, 0.2) is 10.9 Å². The predicted molar refractivity (Wildman–Crippen MR) is 82.0 cm³/mol. The van der Waals surface area contributed by atoms with Gasteiger partial charge in [-0.2, -0.15) is 0 Å². The molecule has 2 atom stereocenters. The van der Waals surface area contributed by atoms with Crippen LogP contribution in [0.4, 0.5) is 4.79 Å². The number of rotatable bonds is 2. The minimum absolute atomic E-state index is 0.148. The van der Waals surface area contributed by atoms with Crippen molar-refractivity contribution in [2.45, 2.75) is 45.8 Å². The van der Waals surface area contributed by atoms with Crippen molar-refractivity contribution in [3.05, 3.63) is 16.6 Å². The van der Waals surface area contributed by atoms with Gasteiger partial charge in [0, 0.05) is 24.4 Å². The number of piperidine rings is 1. The van der Waals surface area contributed by atoms with Crippen LogP contribution in [0.1, 0.15) is 44.6 Å². The Morgan fingerprint density at radius 3 is 2.64 bits per heavy atom. The molecule has 1 aliphatic heterocycles. The second-order valence-corrected chi connectivity index (χ2v) is 7.06. The van der Waals surface area contributed by atoms with Gasteiger partial charge in [-0.3, -0.25) is 9.59 Å². The zero-order chi connectivity index (χ0) is 16.5. The molecule has 22 heavy (non-hydrogen) atoms. The number of carbonyl (C=O) groups excluding carboxylic acids is 3. The van der Waals surface area contributed by atoms with Crippen molar-refractivity contribution >= 4 is 29.0 Å². The molecule has 0 radical (unpaired) electrons. The van der Waals surface area contributed by atoms with Gasteiger partial charge in [-0.05, 0) is 27.7 Å². The number of thiazole rings is 1. The summed E-state index contributed by atoms with van der Waals surface area (Å²) in [6.45, 7) is 7.32. The highest BCUT2D eigenvalue weighted by molar-refractivity contribution is 7.07. The molecule has 0 aromatic carbocycles.